The van der Waals surface area contributed by atoms with Crippen molar-refractivity contribution in [1.29, 1.82) is 0 Å². The summed E-state index contributed by atoms with van der Waals surface area (Å²) in [4.78, 5) is 5.81. The second-order valence-corrected chi connectivity index (χ2v) is 28.2. The van der Waals surface area contributed by atoms with E-state index in [1.807, 2.05) is 0 Å². The van der Waals surface area contributed by atoms with Crippen molar-refractivity contribution >= 4 is 101 Å². The normalized spacial score (nSPS) is 27.7. The predicted octanol–water partition coefficient (Wildman–Crippen LogP) is 9.30. The van der Waals surface area contributed by atoms with E-state index >= 15 is 0 Å². The standard InChI is InChI=1S/C51H56BN3Si2/c1-48-23-12-14-25-50(48,3)54(42-22-21-34(31-37(42)48)57(7,8)9)32-27-43-45-44(28-32)55-47-38(49(2)24-13-15-26-51(49,55)4)29-33(56(5)6)30-40(47)52(45)39-19-16-18-36-35-17-10-11-20-41(35)53(43)46(36)39/h10-11,16-22,27-31H,5,12-15,23-26H2,1-4,6-9H3. The van der Waals surface area contributed by atoms with Gasteiger partial charge in [-0.2, -0.15) is 0 Å². The molecule has 286 valence electrons. The highest BCUT2D eigenvalue weighted by Gasteiger charge is 2.62. The highest BCUT2D eigenvalue weighted by molar-refractivity contribution is 7.00. The maximum absolute atomic E-state index is 4.74. The van der Waals surface area contributed by atoms with Gasteiger partial charge in [-0.1, -0.05) is 132 Å². The monoisotopic (exact) mass is 777 g/mol. The van der Waals surface area contributed by atoms with E-state index < -0.39 is 16.5 Å². The average Bonchev–Trinajstić information content (AvgIpc) is 3.71. The van der Waals surface area contributed by atoms with E-state index in [9.17, 15) is 0 Å². The molecule has 0 saturated heterocycles. The molecule has 4 aliphatic heterocycles. The van der Waals surface area contributed by atoms with Crippen LogP contribution in [0.5, 0.6) is 0 Å². The Morgan fingerprint density at radius 3 is 2.05 bits per heavy atom. The molecular weight excluding hydrogens is 722 g/mol. The molecule has 12 rings (SSSR count). The Labute approximate surface area is 342 Å². The molecule has 1 aromatic heterocycles. The first-order valence-corrected chi connectivity index (χ1v) is 27.7. The van der Waals surface area contributed by atoms with Crippen LogP contribution >= 0.6 is 0 Å². The highest BCUT2D eigenvalue weighted by atomic mass is 28.3. The summed E-state index contributed by atoms with van der Waals surface area (Å²) < 4.78 is 2.69. The Bertz CT molecular complexity index is 2830. The van der Waals surface area contributed by atoms with Crippen molar-refractivity contribution < 1.29 is 0 Å². The van der Waals surface area contributed by atoms with E-state index in [2.05, 4.69) is 153 Å². The third-order valence-electron chi connectivity index (χ3n) is 17.2. The third kappa shape index (κ3) is 3.99. The summed E-state index contributed by atoms with van der Waals surface area (Å²) in [6.45, 7) is 20.6. The van der Waals surface area contributed by atoms with Crippen LogP contribution in [0.2, 0.25) is 26.2 Å². The van der Waals surface area contributed by atoms with Crippen LogP contribution in [0.15, 0.2) is 84.9 Å². The lowest BCUT2D eigenvalue weighted by molar-refractivity contribution is 0.194. The molecule has 0 bridgehead atoms. The Balaban J connectivity index is 1.23. The molecule has 4 atom stereocenters. The first kappa shape index (κ1) is 34.9. The summed E-state index contributed by atoms with van der Waals surface area (Å²) in [5.74, 6) is 0. The first-order chi connectivity index (χ1) is 27.2. The molecule has 0 spiro atoms. The molecular formula is C51H56BN3Si2. The number of anilines is 4. The molecule has 6 aliphatic rings. The predicted molar refractivity (Wildman–Crippen MR) is 252 cm³/mol. The quantitative estimate of drug-likeness (QED) is 0.166. The molecule has 3 nitrogen and oxygen atoms in total. The summed E-state index contributed by atoms with van der Waals surface area (Å²) in [5.41, 5.74) is 17.6. The smallest absolute Gasteiger partial charge is 0.252 e. The van der Waals surface area contributed by atoms with Crippen molar-refractivity contribution in [3.8, 4) is 5.69 Å². The number of benzene rings is 5. The minimum atomic E-state index is -1.52. The maximum Gasteiger partial charge on any atom is 0.252 e. The fourth-order valence-corrected chi connectivity index (χ4v) is 15.7. The van der Waals surface area contributed by atoms with E-state index in [1.54, 1.807) is 16.3 Å². The van der Waals surface area contributed by atoms with Gasteiger partial charge >= 0.3 is 0 Å². The van der Waals surface area contributed by atoms with Crippen molar-refractivity contribution in [3.63, 3.8) is 0 Å². The molecule has 6 heteroatoms. The van der Waals surface area contributed by atoms with Crippen molar-refractivity contribution in [2.75, 3.05) is 9.80 Å². The fraction of sp³-hybridized carbons (Fsp3) is 0.392. The average molecular weight is 778 g/mol. The summed E-state index contributed by atoms with van der Waals surface area (Å²) >= 11 is 0. The van der Waals surface area contributed by atoms with Crippen molar-refractivity contribution in [2.45, 2.75) is 127 Å². The van der Waals surface area contributed by atoms with Crippen LogP contribution in [0.25, 0.3) is 27.5 Å². The number of aromatic nitrogens is 1. The van der Waals surface area contributed by atoms with Crippen LogP contribution in [-0.2, 0) is 10.8 Å². The van der Waals surface area contributed by atoms with Gasteiger partial charge in [0.05, 0.1) is 24.7 Å². The van der Waals surface area contributed by atoms with Gasteiger partial charge in [-0.25, -0.2) is 0 Å². The van der Waals surface area contributed by atoms with E-state index in [4.69, 9.17) is 6.17 Å². The van der Waals surface area contributed by atoms with Crippen LogP contribution in [0, 0.1) is 0 Å². The van der Waals surface area contributed by atoms with Gasteiger partial charge in [-0.05, 0) is 96.5 Å². The van der Waals surface area contributed by atoms with Crippen molar-refractivity contribution in [1.82, 2.24) is 4.57 Å². The summed E-state index contributed by atoms with van der Waals surface area (Å²) in [5, 5.41) is 5.80. The first-order valence-electron chi connectivity index (χ1n) is 22.0. The van der Waals surface area contributed by atoms with Crippen LogP contribution in [0.1, 0.15) is 90.2 Å². The second-order valence-electron chi connectivity index (χ2n) is 20.9. The second kappa shape index (κ2) is 10.9. The highest BCUT2D eigenvalue weighted by Crippen LogP contribution is 2.64. The zero-order chi connectivity index (χ0) is 39.2. The molecule has 0 radical (unpaired) electrons. The fourth-order valence-electron chi connectivity index (χ4n) is 13.7. The maximum atomic E-state index is 4.74. The van der Waals surface area contributed by atoms with Crippen molar-refractivity contribution in [3.05, 3.63) is 96.1 Å². The lowest BCUT2D eigenvalue weighted by Crippen LogP contribution is -2.64. The number of hydrogen-bond acceptors (Lipinski definition) is 2. The van der Waals surface area contributed by atoms with E-state index in [0.717, 1.165) is 0 Å². The molecule has 57 heavy (non-hydrogen) atoms. The molecule has 4 unspecified atom stereocenters. The molecule has 2 aliphatic carbocycles. The molecule has 5 aromatic carbocycles. The number of nitrogens with zero attached hydrogens (tertiary/aromatic N) is 3. The number of rotatable bonds is 3. The van der Waals surface area contributed by atoms with Crippen molar-refractivity contribution in [2.24, 2.45) is 0 Å². The number of hydrogen-bond donors (Lipinski definition) is 0. The van der Waals surface area contributed by atoms with Crippen LogP contribution in [0.4, 0.5) is 22.7 Å². The minimum Gasteiger partial charge on any atom is -0.335 e. The molecule has 0 N–H and O–H groups in total. The van der Waals surface area contributed by atoms with E-state index in [1.165, 1.54) is 123 Å². The zero-order valence-corrected chi connectivity index (χ0v) is 37.4. The van der Waals surface area contributed by atoms with Gasteiger partial charge in [0.2, 0.25) is 0 Å². The zero-order valence-electron chi connectivity index (χ0n) is 35.4. The van der Waals surface area contributed by atoms with Gasteiger partial charge in [0.1, 0.15) is 0 Å². The summed E-state index contributed by atoms with van der Waals surface area (Å²) in [7, 11) is -2.45. The lowest BCUT2D eigenvalue weighted by Gasteiger charge is -2.53. The molecule has 2 saturated carbocycles. The minimum absolute atomic E-state index is 0.0242. The van der Waals surface area contributed by atoms with Crippen LogP contribution in [-0.4, -0.2) is 45.0 Å². The van der Waals surface area contributed by atoms with Gasteiger partial charge < -0.3 is 14.4 Å². The lowest BCUT2D eigenvalue weighted by atomic mass is 9.33. The van der Waals surface area contributed by atoms with Gasteiger partial charge in [0.15, 0.2) is 0 Å². The Morgan fingerprint density at radius 2 is 1.32 bits per heavy atom. The van der Waals surface area contributed by atoms with Crippen LogP contribution in [0.3, 0.4) is 0 Å². The molecule has 5 heterocycles. The topological polar surface area (TPSA) is 11.4 Å². The summed E-state index contributed by atoms with van der Waals surface area (Å²) in [6, 6.07) is 34.7. The van der Waals surface area contributed by atoms with E-state index in [-0.39, 0.29) is 28.6 Å². The third-order valence-corrected chi connectivity index (χ3v) is 20.5. The summed E-state index contributed by atoms with van der Waals surface area (Å²) in [6.07, 6.45) is 14.8. The van der Waals surface area contributed by atoms with Gasteiger partial charge in [0, 0.05) is 64.0 Å². The van der Waals surface area contributed by atoms with Gasteiger partial charge in [0.25, 0.3) is 6.71 Å². The Kier molecular flexibility index (Phi) is 6.68. The largest absolute Gasteiger partial charge is 0.335 e. The molecule has 6 aromatic rings. The Hall–Kier alpha value is -4.13. The van der Waals surface area contributed by atoms with Gasteiger partial charge in [-0.3, -0.25) is 0 Å². The SMILES string of the molecule is C=[Si](C)c1cc2c3c(c1)C1(C)CCCCC1(C)N3c1cc(N3c4ccc([Si](C)(C)C)cc4C4(C)CCCCC34C)cc3c1B2c1cccc2c4ccccc4n-3c12. The van der Waals surface area contributed by atoms with E-state index in [0.29, 0.717) is 0 Å². The molecule has 2 fully saturated rings. The molecule has 0 amide bonds. The number of para-hydroxylation sites is 2. The Morgan fingerprint density at radius 1 is 0.649 bits per heavy atom. The van der Waals surface area contributed by atoms with Gasteiger partial charge in [-0.15, -0.1) is 6.17 Å². The van der Waals surface area contributed by atoms with Crippen LogP contribution < -0.4 is 36.6 Å². The number of fused-ring (bicyclic) bond motifs is 13.